The summed E-state index contributed by atoms with van der Waals surface area (Å²) < 4.78 is 48.5. The molecule has 7 nitrogen and oxygen atoms in total. The van der Waals surface area contributed by atoms with E-state index >= 15 is 0 Å². The average molecular weight is 310 g/mol. The molecule has 0 rings (SSSR count). The molecule has 0 aliphatic rings. The molecular formula is C3H3IO7S. The number of aliphatic carboxylic acids is 1. The summed E-state index contributed by atoms with van der Waals surface area (Å²) in [6, 6.07) is 0. The van der Waals surface area contributed by atoms with Crippen molar-refractivity contribution in [3.05, 3.63) is 8.99 Å². The van der Waals surface area contributed by atoms with Crippen LogP contribution in [0.25, 0.3) is 0 Å². The SMILES string of the molecule is O=C(O)C(=CI(=O)=O)S(=O)(=O)O. The molecule has 0 bridgehead atoms. The van der Waals surface area contributed by atoms with E-state index in [9.17, 15) is 19.4 Å². The Labute approximate surface area is 74.0 Å². The van der Waals surface area contributed by atoms with Crippen molar-refractivity contribution in [3.8, 4) is 0 Å². The third-order valence-electron chi connectivity index (χ3n) is 0.677. The lowest BCUT2D eigenvalue weighted by atomic mass is 10.7. The highest BCUT2D eigenvalue weighted by Crippen LogP contribution is 2.14. The maximum atomic E-state index is 10.2. The molecule has 0 atom stereocenters. The summed E-state index contributed by atoms with van der Waals surface area (Å²) in [7, 11) is -4.96. The van der Waals surface area contributed by atoms with Gasteiger partial charge in [-0.3, -0.25) is 4.55 Å². The van der Waals surface area contributed by atoms with Gasteiger partial charge in [-0.15, -0.1) is 0 Å². The van der Waals surface area contributed by atoms with Gasteiger partial charge in [-0.2, -0.15) is 8.42 Å². The summed E-state index contributed by atoms with van der Waals surface area (Å²) in [5.74, 6) is -2.01. The van der Waals surface area contributed by atoms with Crippen molar-refractivity contribution in [2.24, 2.45) is 0 Å². The fourth-order valence-corrected chi connectivity index (χ4v) is 2.81. The molecule has 0 aliphatic carbocycles. The first-order chi connectivity index (χ1) is 5.25. The van der Waals surface area contributed by atoms with Crippen LogP contribution in [0.15, 0.2) is 8.99 Å². The molecule has 0 unspecified atom stereocenters. The Hall–Kier alpha value is -0.550. The van der Waals surface area contributed by atoms with Crippen molar-refractivity contribution >= 4 is 35.9 Å². The number of rotatable bonds is 3. The van der Waals surface area contributed by atoms with Gasteiger partial charge in [0.15, 0.2) is 4.91 Å². The summed E-state index contributed by atoms with van der Waals surface area (Å²) in [6.07, 6.45) is 0. The van der Waals surface area contributed by atoms with E-state index < -0.39 is 40.8 Å². The van der Waals surface area contributed by atoms with Gasteiger partial charge in [0.1, 0.15) is 0 Å². The lowest BCUT2D eigenvalue weighted by molar-refractivity contribution is -0.131. The minimum Gasteiger partial charge on any atom is -0.477 e. The second-order valence-electron chi connectivity index (χ2n) is 1.49. The van der Waals surface area contributed by atoms with Gasteiger partial charge in [0.05, 0.1) is 4.08 Å². The van der Waals surface area contributed by atoms with Crippen LogP contribution in [0.2, 0.25) is 0 Å². The Morgan fingerprint density at radius 3 is 1.83 bits per heavy atom. The van der Waals surface area contributed by atoms with Crippen molar-refractivity contribution in [2.45, 2.75) is 0 Å². The van der Waals surface area contributed by atoms with E-state index in [-0.39, 0.29) is 4.08 Å². The van der Waals surface area contributed by atoms with Crippen LogP contribution in [-0.2, 0) is 21.1 Å². The van der Waals surface area contributed by atoms with Crippen LogP contribution >= 0.6 is 19.8 Å². The lowest BCUT2D eigenvalue weighted by Crippen LogP contribution is -2.10. The van der Waals surface area contributed by atoms with Crippen LogP contribution in [-0.4, -0.2) is 24.0 Å². The number of carboxylic acids is 1. The topological polar surface area (TPSA) is 126 Å². The maximum Gasteiger partial charge on any atom is 0.350 e. The molecule has 0 aromatic heterocycles. The third kappa shape index (κ3) is 3.73. The van der Waals surface area contributed by atoms with Gasteiger partial charge in [0.25, 0.3) is 0 Å². The minimum absolute atomic E-state index is 0.0155. The van der Waals surface area contributed by atoms with Gasteiger partial charge < -0.3 is 5.11 Å². The predicted molar refractivity (Wildman–Crippen MR) is 42.7 cm³/mol. The highest BCUT2D eigenvalue weighted by molar-refractivity contribution is 14.2. The van der Waals surface area contributed by atoms with Crippen LogP contribution < -0.4 is 0 Å². The Morgan fingerprint density at radius 2 is 1.75 bits per heavy atom. The van der Waals surface area contributed by atoms with Crippen LogP contribution in [0.5, 0.6) is 0 Å². The Kier molecular flexibility index (Phi) is 3.73. The fourth-order valence-electron chi connectivity index (χ4n) is 0.294. The van der Waals surface area contributed by atoms with Crippen molar-refractivity contribution in [2.75, 3.05) is 0 Å². The van der Waals surface area contributed by atoms with Crippen molar-refractivity contribution in [3.63, 3.8) is 0 Å². The highest BCUT2D eigenvalue weighted by Gasteiger charge is 2.22. The standard InChI is InChI=1S/C3H3IO7S/c5-3(6)2(1-4(7)8)12(9,10)11/h1H,(H,5,6)(H,9,10,11). The molecule has 0 aliphatic heterocycles. The molecular weight excluding hydrogens is 307 g/mol. The predicted octanol–water partition coefficient (Wildman–Crippen LogP) is -0.00240. The molecule has 12 heavy (non-hydrogen) atoms. The maximum absolute atomic E-state index is 10.2. The van der Waals surface area contributed by atoms with E-state index in [2.05, 4.69) is 0 Å². The molecule has 0 radical (unpaired) electrons. The molecule has 0 aromatic carbocycles. The summed E-state index contributed by atoms with van der Waals surface area (Å²) in [4.78, 5) is 8.49. The zero-order valence-corrected chi connectivity index (χ0v) is 8.27. The summed E-state index contributed by atoms with van der Waals surface area (Å²) in [5, 5.41) is 8.10. The third-order valence-corrected chi connectivity index (χ3v) is 3.08. The van der Waals surface area contributed by atoms with Crippen LogP contribution in [0.3, 0.4) is 0 Å². The second kappa shape index (κ2) is 3.91. The highest BCUT2D eigenvalue weighted by atomic mass is 127. The van der Waals surface area contributed by atoms with E-state index in [1.165, 1.54) is 0 Å². The first-order valence-corrected chi connectivity index (χ1v) is 6.66. The van der Waals surface area contributed by atoms with Gasteiger partial charge in [0.2, 0.25) is 0 Å². The molecule has 70 valence electrons. The van der Waals surface area contributed by atoms with Gasteiger partial charge in [-0.05, 0) is 0 Å². The smallest absolute Gasteiger partial charge is 0.350 e. The monoisotopic (exact) mass is 310 g/mol. The first kappa shape index (κ1) is 11.4. The first-order valence-electron chi connectivity index (χ1n) is 2.21. The number of hydrogen-bond donors (Lipinski definition) is 2. The zero-order chi connectivity index (χ0) is 9.94. The van der Waals surface area contributed by atoms with Crippen molar-refractivity contribution in [1.82, 2.24) is 0 Å². The largest absolute Gasteiger partial charge is 0.477 e. The van der Waals surface area contributed by atoms with Gasteiger partial charge in [0, 0.05) is 0 Å². The van der Waals surface area contributed by atoms with E-state index in [1.807, 2.05) is 0 Å². The van der Waals surface area contributed by atoms with Crippen molar-refractivity contribution in [1.29, 1.82) is 0 Å². The lowest BCUT2D eigenvalue weighted by Gasteiger charge is -1.92. The molecule has 0 saturated heterocycles. The Bertz CT molecular complexity index is 377. The molecule has 0 amide bonds. The summed E-state index contributed by atoms with van der Waals surface area (Å²) >= 11 is -4.12. The van der Waals surface area contributed by atoms with Gasteiger partial charge in [-0.1, -0.05) is 0 Å². The van der Waals surface area contributed by atoms with Crippen LogP contribution in [0, 0.1) is 0 Å². The van der Waals surface area contributed by atoms with E-state index in [1.54, 1.807) is 0 Å². The fraction of sp³-hybridized carbons (Fsp3) is 0. The Morgan fingerprint density at radius 1 is 1.33 bits per heavy atom. The van der Waals surface area contributed by atoms with E-state index in [0.29, 0.717) is 0 Å². The number of carboxylic acid groups (broad SMARTS) is 1. The molecule has 9 heteroatoms. The quantitative estimate of drug-likeness (QED) is 0.427. The number of carbonyl (C=O) groups is 1. The van der Waals surface area contributed by atoms with Crippen LogP contribution in [0.4, 0.5) is 0 Å². The minimum atomic E-state index is -4.96. The summed E-state index contributed by atoms with van der Waals surface area (Å²) in [5.41, 5.74) is 0. The van der Waals surface area contributed by atoms with E-state index in [0.717, 1.165) is 0 Å². The molecule has 0 heterocycles. The molecule has 0 aromatic rings. The number of hydrogen-bond acceptors (Lipinski definition) is 5. The zero-order valence-electron chi connectivity index (χ0n) is 5.30. The molecule has 0 fully saturated rings. The summed E-state index contributed by atoms with van der Waals surface area (Å²) in [6.45, 7) is 0. The molecule has 0 saturated carbocycles. The normalized spacial score (nSPS) is 13.3. The average Bonchev–Trinajstić information content (AvgIpc) is 1.79. The second-order valence-corrected chi connectivity index (χ2v) is 4.88. The van der Waals surface area contributed by atoms with Crippen molar-refractivity contribution < 1.29 is 29.0 Å². The molecule has 0 spiro atoms. The van der Waals surface area contributed by atoms with Gasteiger partial charge >= 0.3 is 35.9 Å². The number of halogens is 1. The van der Waals surface area contributed by atoms with Gasteiger partial charge in [-0.25, -0.2) is 10.9 Å². The van der Waals surface area contributed by atoms with Crippen LogP contribution in [0.1, 0.15) is 0 Å². The molecule has 2 N–H and O–H groups in total. The van der Waals surface area contributed by atoms with E-state index in [4.69, 9.17) is 9.66 Å². The Balaban J connectivity index is 5.38.